The minimum absolute atomic E-state index is 0.456. The zero-order valence-corrected chi connectivity index (χ0v) is 7.71. The molecule has 2 aromatic heterocycles. The molecule has 0 aliphatic heterocycles. The number of rotatable bonds is 2. The first-order chi connectivity index (χ1) is 6.42. The molecule has 0 aliphatic rings. The van der Waals surface area contributed by atoms with Crippen molar-refractivity contribution in [1.29, 1.82) is 0 Å². The fraction of sp³-hybridized carbons (Fsp3) is 0.125. The molecule has 2 heterocycles. The SMILES string of the molecule is CSc1ncccc1-c1n[c]no1. The maximum atomic E-state index is 4.89. The summed E-state index contributed by atoms with van der Waals surface area (Å²) in [4.78, 5) is 8.01. The molecule has 2 aromatic rings. The maximum absolute atomic E-state index is 4.89. The molecule has 0 N–H and O–H groups in total. The van der Waals surface area contributed by atoms with Gasteiger partial charge in [-0.15, -0.1) is 11.8 Å². The summed E-state index contributed by atoms with van der Waals surface area (Å²) in [6.07, 6.45) is 6.06. The molecule has 0 bridgehead atoms. The van der Waals surface area contributed by atoms with E-state index in [1.54, 1.807) is 18.0 Å². The minimum atomic E-state index is 0.456. The monoisotopic (exact) mass is 192 g/mol. The lowest BCUT2D eigenvalue weighted by molar-refractivity contribution is 0.428. The Kier molecular flexibility index (Phi) is 2.27. The highest BCUT2D eigenvalue weighted by Crippen LogP contribution is 2.25. The van der Waals surface area contributed by atoms with E-state index < -0.39 is 0 Å². The van der Waals surface area contributed by atoms with Gasteiger partial charge in [0.2, 0.25) is 6.33 Å². The van der Waals surface area contributed by atoms with E-state index >= 15 is 0 Å². The Labute approximate surface area is 79.4 Å². The minimum Gasteiger partial charge on any atom is -0.333 e. The molecule has 4 nitrogen and oxygen atoms in total. The van der Waals surface area contributed by atoms with Gasteiger partial charge in [0.25, 0.3) is 5.89 Å². The van der Waals surface area contributed by atoms with Crippen LogP contribution in [0.15, 0.2) is 27.9 Å². The summed E-state index contributed by atoms with van der Waals surface area (Å²) in [7, 11) is 0. The zero-order valence-electron chi connectivity index (χ0n) is 6.89. The van der Waals surface area contributed by atoms with Crippen molar-refractivity contribution in [3.8, 4) is 11.5 Å². The molecule has 0 aliphatic carbocycles. The summed E-state index contributed by atoms with van der Waals surface area (Å²) in [5.74, 6) is 0.456. The van der Waals surface area contributed by atoms with Crippen molar-refractivity contribution < 1.29 is 4.52 Å². The molecule has 0 amide bonds. The topological polar surface area (TPSA) is 51.8 Å². The predicted octanol–water partition coefficient (Wildman–Crippen LogP) is 1.65. The summed E-state index contributed by atoms with van der Waals surface area (Å²) in [5, 5.41) is 4.30. The van der Waals surface area contributed by atoms with E-state index in [4.69, 9.17) is 4.52 Å². The molecule has 65 valence electrons. The summed E-state index contributed by atoms with van der Waals surface area (Å²) in [5.41, 5.74) is 0.851. The molecule has 5 heteroatoms. The fourth-order valence-electron chi connectivity index (χ4n) is 0.976. The van der Waals surface area contributed by atoms with Gasteiger partial charge in [0.1, 0.15) is 5.03 Å². The second-order valence-electron chi connectivity index (χ2n) is 2.26. The molecule has 13 heavy (non-hydrogen) atoms. The Bertz CT molecular complexity index is 388. The van der Waals surface area contributed by atoms with Crippen molar-refractivity contribution in [3.05, 3.63) is 24.7 Å². The Balaban J connectivity index is 2.51. The molecule has 0 saturated heterocycles. The van der Waals surface area contributed by atoms with Gasteiger partial charge in [-0.2, -0.15) is 4.98 Å². The average Bonchev–Trinajstić information content (AvgIpc) is 2.70. The van der Waals surface area contributed by atoms with E-state index in [-0.39, 0.29) is 0 Å². The van der Waals surface area contributed by atoms with Crippen molar-refractivity contribution in [2.75, 3.05) is 6.26 Å². The van der Waals surface area contributed by atoms with Gasteiger partial charge in [-0.05, 0) is 18.4 Å². The van der Waals surface area contributed by atoms with Crippen LogP contribution in [0.1, 0.15) is 0 Å². The third-order valence-electron chi connectivity index (χ3n) is 1.52. The van der Waals surface area contributed by atoms with E-state index in [1.165, 1.54) is 0 Å². The highest BCUT2D eigenvalue weighted by atomic mass is 32.2. The maximum Gasteiger partial charge on any atom is 0.261 e. The summed E-state index contributed by atoms with van der Waals surface area (Å²) in [6.45, 7) is 0. The van der Waals surface area contributed by atoms with Crippen LogP contribution in [0.25, 0.3) is 11.5 Å². The largest absolute Gasteiger partial charge is 0.333 e. The summed E-state index contributed by atoms with van der Waals surface area (Å²) in [6, 6.07) is 3.72. The van der Waals surface area contributed by atoms with Gasteiger partial charge in [0, 0.05) is 6.20 Å². The second kappa shape index (κ2) is 3.57. The van der Waals surface area contributed by atoms with Crippen molar-refractivity contribution in [1.82, 2.24) is 15.1 Å². The van der Waals surface area contributed by atoms with E-state index in [1.807, 2.05) is 18.4 Å². The smallest absolute Gasteiger partial charge is 0.261 e. The number of hydrogen-bond acceptors (Lipinski definition) is 5. The zero-order chi connectivity index (χ0) is 9.10. The first-order valence-electron chi connectivity index (χ1n) is 3.61. The van der Waals surface area contributed by atoms with Crippen molar-refractivity contribution in [2.45, 2.75) is 5.03 Å². The van der Waals surface area contributed by atoms with Crippen LogP contribution in [-0.4, -0.2) is 21.4 Å². The van der Waals surface area contributed by atoms with Gasteiger partial charge in [-0.3, -0.25) is 0 Å². The standard InChI is InChI=1S/C8H6N3OS/c1-13-8-6(3-2-4-9-8)7-10-5-11-12-7/h2-4H,1H3. The van der Waals surface area contributed by atoms with Crippen LogP contribution < -0.4 is 0 Å². The lowest BCUT2D eigenvalue weighted by Crippen LogP contribution is -1.84. The van der Waals surface area contributed by atoms with Gasteiger partial charge in [0.15, 0.2) is 0 Å². The van der Waals surface area contributed by atoms with Gasteiger partial charge in [-0.1, -0.05) is 5.16 Å². The molecule has 2 rings (SSSR count). The third kappa shape index (κ3) is 1.55. The van der Waals surface area contributed by atoms with Crippen molar-refractivity contribution in [2.24, 2.45) is 0 Å². The van der Waals surface area contributed by atoms with Gasteiger partial charge < -0.3 is 4.52 Å². The van der Waals surface area contributed by atoms with E-state index in [2.05, 4.69) is 21.5 Å². The van der Waals surface area contributed by atoms with Crippen molar-refractivity contribution in [3.63, 3.8) is 0 Å². The number of nitrogens with zero attached hydrogens (tertiary/aromatic N) is 3. The number of hydrogen-bond donors (Lipinski definition) is 0. The molecule has 0 saturated carbocycles. The number of pyridine rings is 1. The number of thioether (sulfide) groups is 1. The Morgan fingerprint density at radius 1 is 1.54 bits per heavy atom. The second-order valence-corrected chi connectivity index (χ2v) is 3.05. The Morgan fingerprint density at radius 3 is 3.15 bits per heavy atom. The normalized spacial score (nSPS) is 10.2. The first-order valence-corrected chi connectivity index (χ1v) is 4.83. The van der Waals surface area contributed by atoms with Crippen LogP contribution in [-0.2, 0) is 0 Å². The van der Waals surface area contributed by atoms with Gasteiger partial charge in [-0.25, -0.2) is 4.98 Å². The molecule has 0 fully saturated rings. The van der Waals surface area contributed by atoms with E-state index in [0.29, 0.717) is 5.89 Å². The van der Waals surface area contributed by atoms with Crippen LogP contribution in [0, 0.1) is 6.33 Å². The Hall–Kier alpha value is -1.36. The van der Waals surface area contributed by atoms with Crippen LogP contribution in [0.5, 0.6) is 0 Å². The quantitative estimate of drug-likeness (QED) is 0.677. The highest BCUT2D eigenvalue weighted by molar-refractivity contribution is 7.98. The molecule has 1 radical (unpaired) electrons. The molecular weight excluding hydrogens is 186 g/mol. The lowest BCUT2D eigenvalue weighted by Gasteiger charge is -1.99. The van der Waals surface area contributed by atoms with Crippen LogP contribution in [0.3, 0.4) is 0 Å². The van der Waals surface area contributed by atoms with Crippen LogP contribution in [0.4, 0.5) is 0 Å². The highest BCUT2D eigenvalue weighted by Gasteiger charge is 2.09. The lowest BCUT2D eigenvalue weighted by atomic mass is 10.3. The third-order valence-corrected chi connectivity index (χ3v) is 2.23. The van der Waals surface area contributed by atoms with Crippen LogP contribution in [0.2, 0.25) is 0 Å². The molecular formula is C8H6N3OS. The summed E-state index contributed by atoms with van der Waals surface area (Å²) < 4.78 is 4.89. The number of aromatic nitrogens is 3. The average molecular weight is 192 g/mol. The molecule has 0 atom stereocenters. The predicted molar refractivity (Wildman–Crippen MR) is 48.1 cm³/mol. The molecule has 0 spiro atoms. The fourth-order valence-corrected chi connectivity index (χ4v) is 1.52. The van der Waals surface area contributed by atoms with E-state index in [0.717, 1.165) is 10.6 Å². The van der Waals surface area contributed by atoms with Crippen molar-refractivity contribution >= 4 is 11.8 Å². The molecule has 0 unspecified atom stereocenters. The van der Waals surface area contributed by atoms with Gasteiger partial charge >= 0.3 is 0 Å². The first kappa shape index (κ1) is 8.25. The van der Waals surface area contributed by atoms with E-state index in [9.17, 15) is 0 Å². The van der Waals surface area contributed by atoms with Gasteiger partial charge in [0.05, 0.1) is 5.56 Å². The Morgan fingerprint density at radius 2 is 2.46 bits per heavy atom. The van der Waals surface area contributed by atoms with Crippen LogP contribution >= 0.6 is 11.8 Å². The molecule has 0 aromatic carbocycles. The summed E-state index contributed by atoms with van der Waals surface area (Å²) >= 11 is 1.54.